The standard InChI is InChI=1S/C16H17N3O4/c1-11-4-3-5-12(8-11)17-10-16(20)18-14-7-6-13(23-2)9-15(14)19(21)22/h3-9,17H,10H2,1-2H3,(H,18,20). The van der Waals surface area contributed by atoms with Gasteiger partial charge < -0.3 is 15.4 Å². The van der Waals surface area contributed by atoms with Crippen LogP contribution in [0.1, 0.15) is 5.56 Å². The van der Waals surface area contributed by atoms with Crippen molar-refractivity contribution in [3.63, 3.8) is 0 Å². The number of nitrogens with zero attached hydrogens (tertiary/aromatic N) is 1. The SMILES string of the molecule is COc1ccc(NC(=O)CNc2cccc(C)c2)c([N+](=O)[O-])c1. The van der Waals surface area contributed by atoms with Gasteiger partial charge in [0, 0.05) is 5.69 Å². The Kier molecular flexibility index (Phi) is 5.14. The molecule has 0 saturated carbocycles. The molecule has 0 radical (unpaired) electrons. The van der Waals surface area contributed by atoms with E-state index >= 15 is 0 Å². The Morgan fingerprint density at radius 1 is 1.26 bits per heavy atom. The highest BCUT2D eigenvalue weighted by molar-refractivity contribution is 5.95. The molecule has 0 atom stereocenters. The number of benzene rings is 2. The summed E-state index contributed by atoms with van der Waals surface area (Å²) in [6.07, 6.45) is 0. The highest BCUT2D eigenvalue weighted by atomic mass is 16.6. The molecule has 120 valence electrons. The molecule has 0 spiro atoms. The van der Waals surface area contributed by atoms with Crippen molar-refractivity contribution in [2.75, 3.05) is 24.3 Å². The lowest BCUT2D eigenvalue weighted by Gasteiger charge is -2.09. The molecule has 23 heavy (non-hydrogen) atoms. The van der Waals surface area contributed by atoms with Crippen molar-refractivity contribution in [2.45, 2.75) is 6.92 Å². The van der Waals surface area contributed by atoms with Gasteiger partial charge in [0.15, 0.2) is 0 Å². The monoisotopic (exact) mass is 315 g/mol. The predicted molar refractivity (Wildman–Crippen MR) is 87.9 cm³/mol. The average Bonchev–Trinajstić information content (AvgIpc) is 2.53. The van der Waals surface area contributed by atoms with Gasteiger partial charge in [-0.05, 0) is 36.8 Å². The molecule has 0 heterocycles. The van der Waals surface area contributed by atoms with Crippen molar-refractivity contribution in [2.24, 2.45) is 0 Å². The van der Waals surface area contributed by atoms with Crippen molar-refractivity contribution in [3.05, 3.63) is 58.1 Å². The third-order valence-corrected chi connectivity index (χ3v) is 3.15. The van der Waals surface area contributed by atoms with E-state index in [4.69, 9.17) is 4.74 Å². The smallest absolute Gasteiger partial charge is 0.296 e. The summed E-state index contributed by atoms with van der Waals surface area (Å²) in [4.78, 5) is 22.5. The van der Waals surface area contributed by atoms with Crippen LogP contribution < -0.4 is 15.4 Å². The number of methoxy groups -OCH3 is 1. The molecule has 0 saturated heterocycles. The van der Waals surface area contributed by atoms with Crippen molar-refractivity contribution in [1.29, 1.82) is 0 Å². The van der Waals surface area contributed by atoms with Gasteiger partial charge in [-0.15, -0.1) is 0 Å². The Balaban J connectivity index is 2.04. The first kappa shape index (κ1) is 16.3. The number of carbonyl (C=O) groups is 1. The predicted octanol–water partition coefficient (Wildman–Crippen LogP) is 2.96. The van der Waals surface area contributed by atoms with E-state index in [1.54, 1.807) is 6.07 Å². The third kappa shape index (κ3) is 4.44. The molecule has 2 aromatic rings. The number of hydrogen-bond acceptors (Lipinski definition) is 5. The minimum Gasteiger partial charge on any atom is -0.496 e. The van der Waals surface area contributed by atoms with Crippen LogP contribution in [0.5, 0.6) is 5.75 Å². The van der Waals surface area contributed by atoms with Gasteiger partial charge in [-0.3, -0.25) is 14.9 Å². The van der Waals surface area contributed by atoms with Crippen LogP contribution in [0.15, 0.2) is 42.5 Å². The van der Waals surface area contributed by atoms with Crippen molar-refractivity contribution in [3.8, 4) is 5.75 Å². The van der Waals surface area contributed by atoms with Crippen LogP contribution in [-0.4, -0.2) is 24.5 Å². The average molecular weight is 315 g/mol. The molecule has 0 aliphatic heterocycles. The van der Waals surface area contributed by atoms with Crippen molar-refractivity contribution >= 4 is 23.0 Å². The number of nitrogens with one attached hydrogen (secondary N) is 2. The zero-order valence-corrected chi connectivity index (χ0v) is 12.8. The molecule has 0 aliphatic rings. The topological polar surface area (TPSA) is 93.5 Å². The molecular weight excluding hydrogens is 298 g/mol. The number of nitro groups is 1. The normalized spacial score (nSPS) is 10.0. The summed E-state index contributed by atoms with van der Waals surface area (Å²) in [6, 6.07) is 11.8. The zero-order valence-electron chi connectivity index (χ0n) is 12.8. The minimum atomic E-state index is -0.563. The number of nitro benzene ring substituents is 1. The van der Waals surface area contributed by atoms with E-state index in [9.17, 15) is 14.9 Å². The molecule has 0 bridgehead atoms. The zero-order chi connectivity index (χ0) is 16.8. The molecule has 0 fully saturated rings. The maximum Gasteiger partial charge on any atom is 0.296 e. The first-order valence-electron chi connectivity index (χ1n) is 6.92. The number of hydrogen-bond donors (Lipinski definition) is 2. The summed E-state index contributed by atoms with van der Waals surface area (Å²) in [5.41, 5.74) is 1.80. The summed E-state index contributed by atoms with van der Waals surface area (Å²) in [5.74, 6) is -0.0210. The second kappa shape index (κ2) is 7.26. The van der Waals surface area contributed by atoms with Crippen LogP contribution in [0.4, 0.5) is 17.1 Å². The van der Waals surface area contributed by atoms with Crippen molar-refractivity contribution < 1.29 is 14.5 Å². The quantitative estimate of drug-likeness (QED) is 0.631. The number of ether oxygens (including phenoxy) is 1. The molecule has 1 amide bonds. The van der Waals surface area contributed by atoms with Gasteiger partial charge in [0.05, 0.1) is 24.6 Å². The Hall–Kier alpha value is -3.09. The van der Waals surface area contributed by atoms with Gasteiger partial charge in [0.25, 0.3) is 5.69 Å². The van der Waals surface area contributed by atoms with Crippen LogP contribution >= 0.6 is 0 Å². The van der Waals surface area contributed by atoms with E-state index in [2.05, 4.69) is 10.6 Å². The molecule has 0 aromatic heterocycles. The fourth-order valence-corrected chi connectivity index (χ4v) is 2.03. The molecular formula is C16H17N3O4. The van der Waals surface area contributed by atoms with Gasteiger partial charge in [-0.25, -0.2) is 0 Å². The molecule has 7 heteroatoms. The van der Waals surface area contributed by atoms with Gasteiger partial charge in [-0.1, -0.05) is 12.1 Å². The van der Waals surface area contributed by atoms with E-state index in [-0.39, 0.29) is 23.8 Å². The molecule has 0 aliphatic carbocycles. The van der Waals surface area contributed by atoms with Crippen molar-refractivity contribution in [1.82, 2.24) is 0 Å². The first-order valence-corrected chi connectivity index (χ1v) is 6.92. The molecule has 7 nitrogen and oxygen atoms in total. The third-order valence-electron chi connectivity index (χ3n) is 3.15. The number of carbonyl (C=O) groups excluding carboxylic acids is 1. The summed E-state index contributed by atoms with van der Waals surface area (Å²) >= 11 is 0. The Morgan fingerprint density at radius 3 is 2.70 bits per heavy atom. The first-order chi connectivity index (χ1) is 11.0. The van der Waals surface area contributed by atoms with Gasteiger partial charge >= 0.3 is 0 Å². The Labute approximate surface area is 133 Å². The minimum absolute atomic E-state index is 0.00658. The van der Waals surface area contributed by atoms with Gasteiger partial charge in [-0.2, -0.15) is 0 Å². The largest absolute Gasteiger partial charge is 0.496 e. The highest BCUT2D eigenvalue weighted by Gasteiger charge is 2.17. The lowest BCUT2D eigenvalue weighted by Crippen LogP contribution is -2.22. The fraction of sp³-hybridized carbons (Fsp3) is 0.188. The van der Waals surface area contributed by atoms with Crippen LogP contribution in [-0.2, 0) is 4.79 Å². The van der Waals surface area contributed by atoms with Crippen LogP contribution in [0, 0.1) is 17.0 Å². The van der Waals surface area contributed by atoms with E-state index in [0.29, 0.717) is 5.75 Å². The molecule has 2 N–H and O–H groups in total. The van der Waals surface area contributed by atoms with E-state index in [1.807, 2.05) is 31.2 Å². The number of rotatable bonds is 6. The van der Waals surface area contributed by atoms with Crippen LogP contribution in [0.25, 0.3) is 0 Å². The summed E-state index contributed by atoms with van der Waals surface area (Å²) in [5, 5.41) is 16.6. The lowest BCUT2D eigenvalue weighted by molar-refractivity contribution is -0.384. The van der Waals surface area contributed by atoms with Gasteiger partial charge in [0.1, 0.15) is 11.4 Å². The summed E-state index contributed by atoms with van der Waals surface area (Å²) in [6.45, 7) is 1.96. The lowest BCUT2D eigenvalue weighted by atomic mass is 10.2. The van der Waals surface area contributed by atoms with Crippen LogP contribution in [0.2, 0.25) is 0 Å². The maximum absolute atomic E-state index is 12.0. The maximum atomic E-state index is 12.0. The summed E-state index contributed by atoms with van der Waals surface area (Å²) in [7, 11) is 1.42. The molecule has 0 unspecified atom stereocenters. The summed E-state index contributed by atoms with van der Waals surface area (Å²) < 4.78 is 4.95. The molecule has 2 aromatic carbocycles. The fourth-order valence-electron chi connectivity index (χ4n) is 2.03. The Morgan fingerprint density at radius 2 is 2.04 bits per heavy atom. The number of amides is 1. The van der Waals surface area contributed by atoms with Crippen LogP contribution in [0.3, 0.4) is 0 Å². The number of aryl methyl sites for hydroxylation is 1. The van der Waals surface area contributed by atoms with E-state index < -0.39 is 4.92 Å². The van der Waals surface area contributed by atoms with Gasteiger partial charge in [0.2, 0.25) is 5.91 Å². The van der Waals surface area contributed by atoms with E-state index in [0.717, 1.165) is 11.3 Å². The van der Waals surface area contributed by atoms with E-state index in [1.165, 1.54) is 19.2 Å². The number of anilines is 2. The Bertz CT molecular complexity index is 731. The second-order valence-corrected chi connectivity index (χ2v) is 4.91. The molecule has 2 rings (SSSR count). The second-order valence-electron chi connectivity index (χ2n) is 4.91. The highest BCUT2D eigenvalue weighted by Crippen LogP contribution is 2.28.